The van der Waals surface area contributed by atoms with Crippen molar-refractivity contribution >= 4 is 34.9 Å². The lowest BCUT2D eigenvalue weighted by Gasteiger charge is -2.18. The number of aliphatic hydroxyl groups excluding tert-OH is 1. The largest absolute Gasteiger partial charge is 0.395 e. The summed E-state index contributed by atoms with van der Waals surface area (Å²) in [6, 6.07) is 6.94. The number of nitrogens with zero attached hydrogens (tertiary/aromatic N) is 3. The van der Waals surface area contributed by atoms with Crippen LogP contribution in [0.25, 0.3) is 0 Å². The van der Waals surface area contributed by atoms with E-state index in [-0.39, 0.29) is 31.3 Å². The number of aliphatic imine (C=N–C) groups is 1. The maximum absolute atomic E-state index is 12.1. The van der Waals surface area contributed by atoms with Crippen LogP contribution in [0.3, 0.4) is 0 Å². The van der Waals surface area contributed by atoms with Crippen LogP contribution in [-0.2, 0) is 14.4 Å². The summed E-state index contributed by atoms with van der Waals surface area (Å²) in [6.07, 6.45) is 1.19. The molecule has 8 nitrogen and oxygen atoms in total. The van der Waals surface area contributed by atoms with Crippen LogP contribution in [-0.4, -0.2) is 53.3 Å². The monoisotopic (exact) mass is 328 g/mol. The number of amidine groups is 1. The Balaban J connectivity index is 1.80. The van der Waals surface area contributed by atoms with Gasteiger partial charge in [-0.2, -0.15) is 0 Å². The fraction of sp³-hybridized carbons (Fsp3) is 0.250. The lowest BCUT2D eigenvalue weighted by molar-refractivity contribution is -0.137. The lowest BCUT2D eigenvalue weighted by Crippen LogP contribution is -2.34. The molecule has 24 heavy (non-hydrogen) atoms. The molecule has 2 aliphatic heterocycles. The molecule has 8 heteroatoms. The highest BCUT2D eigenvalue weighted by atomic mass is 16.3. The highest BCUT2D eigenvalue weighted by molar-refractivity contribution is 6.21. The third kappa shape index (κ3) is 2.79. The van der Waals surface area contributed by atoms with Gasteiger partial charge in [0.25, 0.3) is 17.7 Å². The summed E-state index contributed by atoms with van der Waals surface area (Å²) in [5, 5.41) is 11.8. The van der Waals surface area contributed by atoms with Crippen molar-refractivity contribution in [2.45, 2.75) is 6.92 Å². The molecule has 1 aromatic rings. The van der Waals surface area contributed by atoms with Crippen molar-refractivity contribution in [3.63, 3.8) is 0 Å². The number of carbonyl (C=O) groups is 3. The van der Waals surface area contributed by atoms with Crippen molar-refractivity contribution < 1.29 is 19.5 Å². The first-order valence-corrected chi connectivity index (χ1v) is 7.40. The fourth-order valence-corrected chi connectivity index (χ4v) is 2.62. The Morgan fingerprint density at radius 1 is 1.29 bits per heavy atom. The molecule has 0 saturated carbocycles. The van der Waals surface area contributed by atoms with E-state index in [9.17, 15) is 14.4 Å². The van der Waals surface area contributed by atoms with Gasteiger partial charge in [0.2, 0.25) is 0 Å². The second-order valence-electron chi connectivity index (χ2n) is 5.34. The second-order valence-corrected chi connectivity index (χ2v) is 5.34. The first-order valence-electron chi connectivity index (χ1n) is 7.40. The summed E-state index contributed by atoms with van der Waals surface area (Å²) in [5.41, 5.74) is 1.33. The minimum atomic E-state index is -0.491. The average molecular weight is 328 g/mol. The summed E-state index contributed by atoms with van der Waals surface area (Å²) >= 11 is 0. The number of amides is 3. The third-order valence-electron chi connectivity index (χ3n) is 3.73. The van der Waals surface area contributed by atoms with E-state index in [1.807, 2.05) is 0 Å². The molecule has 0 aromatic heterocycles. The number of β-amino-alcohol motifs (C(OH)–C–C–N with tert-alkyl or cyclic N) is 1. The third-order valence-corrected chi connectivity index (χ3v) is 3.73. The lowest BCUT2D eigenvalue weighted by atomic mass is 10.2. The molecule has 3 amide bonds. The molecule has 0 bridgehead atoms. The highest BCUT2D eigenvalue weighted by Gasteiger charge is 2.31. The molecular weight excluding hydrogens is 312 g/mol. The molecule has 0 fully saturated rings. The molecule has 124 valence electrons. The van der Waals surface area contributed by atoms with Gasteiger partial charge in [-0.3, -0.25) is 29.2 Å². The van der Waals surface area contributed by atoms with Crippen LogP contribution >= 0.6 is 0 Å². The molecule has 0 radical (unpaired) electrons. The Bertz CT molecular complexity index is 784. The van der Waals surface area contributed by atoms with Crippen LogP contribution < -0.4 is 10.2 Å². The number of hydrogen-bond acceptors (Lipinski definition) is 6. The minimum absolute atomic E-state index is 0.0443. The SMILES string of the molecule is CC1=NCC(=O)N1c1cccc(NC2=CC(=O)N(CCO)C2=O)c1. The van der Waals surface area contributed by atoms with Crippen molar-refractivity contribution in [1.82, 2.24) is 4.90 Å². The van der Waals surface area contributed by atoms with Crippen LogP contribution in [0, 0.1) is 0 Å². The van der Waals surface area contributed by atoms with E-state index in [0.29, 0.717) is 17.2 Å². The minimum Gasteiger partial charge on any atom is -0.395 e. The van der Waals surface area contributed by atoms with Gasteiger partial charge in [0.05, 0.1) is 18.8 Å². The second kappa shape index (κ2) is 6.25. The van der Waals surface area contributed by atoms with Gasteiger partial charge in [-0.25, -0.2) is 0 Å². The fourth-order valence-electron chi connectivity index (χ4n) is 2.62. The molecule has 3 rings (SSSR count). The average Bonchev–Trinajstić information content (AvgIpc) is 3.02. The molecule has 2 aliphatic rings. The maximum Gasteiger partial charge on any atom is 0.277 e. The molecule has 0 aliphatic carbocycles. The van der Waals surface area contributed by atoms with Crippen LogP contribution in [0.5, 0.6) is 0 Å². The van der Waals surface area contributed by atoms with Gasteiger partial charge in [0, 0.05) is 11.8 Å². The normalized spacial score (nSPS) is 17.5. The van der Waals surface area contributed by atoms with Gasteiger partial charge >= 0.3 is 0 Å². The molecule has 0 spiro atoms. The number of hydrogen-bond donors (Lipinski definition) is 2. The van der Waals surface area contributed by atoms with Gasteiger partial charge in [-0.1, -0.05) is 6.07 Å². The number of carbonyl (C=O) groups excluding carboxylic acids is 3. The zero-order chi connectivity index (χ0) is 17.3. The summed E-state index contributed by atoms with van der Waals surface area (Å²) in [6.45, 7) is 1.54. The molecular formula is C16H16N4O4. The molecule has 2 heterocycles. The maximum atomic E-state index is 12.1. The number of nitrogens with one attached hydrogen (secondary N) is 1. The van der Waals surface area contributed by atoms with Crippen molar-refractivity contribution in [3.8, 4) is 0 Å². The Morgan fingerprint density at radius 3 is 2.75 bits per heavy atom. The summed E-state index contributed by atoms with van der Waals surface area (Å²) in [4.78, 5) is 42.3. The zero-order valence-electron chi connectivity index (χ0n) is 13.0. The Hall–Kier alpha value is -3.00. The van der Waals surface area contributed by atoms with Gasteiger partial charge in [-0.15, -0.1) is 0 Å². The van der Waals surface area contributed by atoms with E-state index in [1.165, 1.54) is 11.0 Å². The molecule has 0 atom stereocenters. The predicted octanol–water partition coefficient (Wildman–Crippen LogP) is 0.108. The van der Waals surface area contributed by atoms with Gasteiger partial charge < -0.3 is 10.4 Å². The number of rotatable bonds is 5. The smallest absolute Gasteiger partial charge is 0.277 e. The number of aliphatic hydroxyl groups is 1. The van der Waals surface area contributed by atoms with Crippen LogP contribution in [0.4, 0.5) is 11.4 Å². The summed E-state index contributed by atoms with van der Waals surface area (Å²) < 4.78 is 0. The zero-order valence-corrected chi connectivity index (χ0v) is 13.0. The molecule has 1 aromatic carbocycles. The summed E-state index contributed by atoms with van der Waals surface area (Å²) in [7, 11) is 0. The number of imide groups is 1. The van der Waals surface area contributed by atoms with Gasteiger partial charge in [-0.05, 0) is 25.1 Å². The highest BCUT2D eigenvalue weighted by Crippen LogP contribution is 2.24. The Kier molecular flexibility index (Phi) is 4.13. The number of anilines is 2. The van der Waals surface area contributed by atoms with Crippen molar-refractivity contribution in [2.75, 3.05) is 29.9 Å². The van der Waals surface area contributed by atoms with E-state index < -0.39 is 11.8 Å². The quantitative estimate of drug-likeness (QED) is 0.747. The molecule has 0 unspecified atom stereocenters. The first-order chi connectivity index (χ1) is 11.5. The van der Waals surface area contributed by atoms with E-state index in [4.69, 9.17) is 5.11 Å². The number of benzene rings is 1. The van der Waals surface area contributed by atoms with Crippen LogP contribution in [0.15, 0.2) is 41.0 Å². The molecule has 0 saturated heterocycles. The van der Waals surface area contributed by atoms with E-state index in [2.05, 4.69) is 10.3 Å². The Labute approximate surface area is 138 Å². The van der Waals surface area contributed by atoms with Crippen molar-refractivity contribution in [2.24, 2.45) is 4.99 Å². The predicted molar refractivity (Wildman–Crippen MR) is 87.4 cm³/mol. The topological polar surface area (TPSA) is 102 Å². The van der Waals surface area contributed by atoms with Crippen molar-refractivity contribution in [1.29, 1.82) is 0 Å². The van der Waals surface area contributed by atoms with Crippen molar-refractivity contribution in [3.05, 3.63) is 36.0 Å². The van der Waals surface area contributed by atoms with Gasteiger partial charge in [0.15, 0.2) is 0 Å². The van der Waals surface area contributed by atoms with Crippen LogP contribution in [0.2, 0.25) is 0 Å². The van der Waals surface area contributed by atoms with Gasteiger partial charge in [0.1, 0.15) is 18.1 Å². The van der Waals surface area contributed by atoms with E-state index in [1.54, 1.807) is 31.2 Å². The standard InChI is InChI=1S/C16H16N4O4/c1-10-17-9-15(23)20(10)12-4-2-3-11(7-12)18-13-8-14(22)19(5-6-21)16(13)24/h2-4,7-8,18,21H,5-6,9H2,1H3. The molecule has 2 N–H and O–H groups in total. The van der Waals surface area contributed by atoms with Crippen LogP contribution in [0.1, 0.15) is 6.92 Å². The summed E-state index contributed by atoms with van der Waals surface area (Å²) in [5.74, 6) is -0.470. The van der Waals surface area contributed by atoms with E-state index in [0.717, 1.165) is 4.90 Å². The Morgan fingerprint density at radius 2 is 2.08 bits per heavy atom. The first kappa shape index (κ1) is 15.9. The van der Waals surface area contributed by atoms with E-state index >= 15 is 0 Å².